The molecule has 1 atom stereocenters. The Morgan fingerprint density at radius 1 is 1.37 bits per heavy atom. The second kappa shape index (κ2) is 5.89. The number of benzene rings is 1. The van der Waals surface area contributed by atoms with E-state index in [0.717, 1.165) is 29.1 Å². The summed E-state index contributed by atoms with van der Waals surface area (Å²) in [5.74, 6) is 0.760. The van der Waals surface area contributed by atoms with Crippen molar-refractivity contribution in [1.29, 1.82) is 0 Å². The van der Waals surface area contributed by atoms with E-state index in [1.807, 2.05) is 42.1 Å². The van der Waals surface area contributed by atoms with Crippen LogP contribution in [0.4, 0.5) is 0 Å². The molecule has 1 aromatic carbocycles. The van der Waals surface area contributed by atoms with Gasteiger partial charge in [-0.2, -0.15) is 5.10 Å². The van der Waals surface area contributed by atoms with Crippen LogP contribution in [0.5, 0.6) is 5.75 Å². The fourth-order valence-electron chi connectivity index (χ4n) is 2.10. The van der Waals surface area contributed by atoms with Gasteiger partial charge < -0.3 is 9.84 Å². The van der Waals surface area contributed by atoms with Gasteiger partial charge in [0.1, 0.15) is 5.75 Å². The molecule has 0 radical (unpaired) electrons. The van der Waals surface area contributed by atoms with Crippen molar-refractivity contribution in [2.45, 2.75) is 25.9 Å². The van der Waals surface area contributed by atoms with Crippen LogP contribution in [0.3, 0.4) is 0 Å². The van der Waals surface area contributed by atoms with Gasteiger partial charge in [0, 0.05) is 19.2 Å². The molecule has 1 aromatic heterocycles. The molecule has 19 heavy (non-hydrogen) atoms. The zero-order valence-electron chi connectivity index (χ0n) is 11.6. The van der Waals surface area contributed by atoms with E-state index in [1.54, 1.807) is 7.11 Å². The standard InChI is InChI=1S/C15H20N2O2/c1-4-12-9-13(17(2)16-12)10-15(18)11-6-5-7-14(8-11)19-3/h5-9,15,18H,4,10H2,1-3H3. The highest BCUT2D eigenvalue weighted by Crippen LogP contribution is 2.22. The molecule has 1 N–H and O–H groups in total. The summed E-state index contributed by atoms with van der Waals surface area (Å²) in [6, 6.07) is 9.57. The quantitative estimate of drug-likeness (QED) is 0.897. The molecule has 0 fully saturated rings. The average molecular weight is 260 g/mol. The molecular formula is C15H20N2O2. The Morgan fingerprint density at radius 2 is 2.16 bits per heavy atom. The average Bonchev–Trinajstić information content (AvgIpc) is 2.79. The van der Waals surface area contributed by atoms with Crippen molar-refractivity contribution in [1.82, 2.24) is 9.78 Å². The smallest absolute Gasteiger partial charge is 0.119 e. The van der Waals surface area contributed by atoms with Crippen LogP contribution in [-0.4, -0.2) is 22.0 Å². The lowest BCUT2D eigenvalue weighted by atomic mass is 10.0. The Balaban J connectivity index is 2.15. The van der Waals surface area contributed by atoms with Crippen molar-refractivity contribution >= 4 is 0 Å². The minimum Gasteiger partial charge on any atom is -0.497 e. The molecule has 1 unspecified atom stereocenters. The summed E-state index contributed by atoms with van der Waals surface area (Å²) < 4.78 is 7.01. The molecule has 0 saturated carbocycles. The molecule has 4 nitrogen and oxygen atoms in total. The van der Waals surface area contributed by atoms with E-state index in [4.69, 9.17) is 4.74 Å². The van der Waals surface area contributed by atoms with E-state index >= 15 is 0 Å². The number of methoxy groups -OCH3 is 1. The molecule has 2 rings (SSSR count). The van der Waals surface area contributed by atoms with Gasteiger partial charge in [-0.05, 0) is 30.2 Å². The molecule has 0 aliphatic carbocycles. The second-order valence-electron chi connectivity index (χ2n) is 4.60. The molecule has 0 aliphatic heterocycles. The lowest BCUT2D eigenvalue weighted by Gasteiger charge is -2.12. The zero-order chi connectivity index (χ0) is 13.8. The van der Waals surface area contributed by atoms with Gasteiger partial charge >= 0.3 is 0 Å². The minimum atomic E-state index is -0.546. The number of aliphatic hydroxyl groups excluding tert-OH is 1. The number of hydrogen-bond acceptors (Lipinski definition) is 3. The highest BCUT2D eigenvalue weighted by Gasteiger charge is 2.13. The number of aromatic nitrogens is 2. The summed E-state index contributed by atoms with van der Waals surface area (Å²) >= 11 is 0. The van der Waals surface area contributed by atoms with E-state index in [0.29, 0.717) is 6.42 Å². The van der Waals surface area contributed by atoms with Crippen molar-refractivity contribution in [2.24, 2.45) is 7.05 Å². The number of hydrogen-bond donors (Lipinski definition) is 1. The Morgan fingerprint density at radius 3 is 2.79 bits per heavy atom. The number of aliphatic hydroxyl groups is 1. The van der Waals surface area contributed by atoms with Crippen molar-refractivity contribution in [3.05, 3.63) is 47.3 Å². The maximum Gasteiger partial charge on any atom is 0.119 e. The van der Waals surface area contributed by atoms with E-state index in [9.17, 15) is 5.11 Å². The van der Waals surface area contributed by atoms with Gasteiger partial charge in [0.2, 0.25) is 0 Å². The van der Waals surface area contributed by atoms with Crippen LogP contribution in [0.1, 0.15) is 30.0 Å². The Labute approximate surface area is 113 Å². The summed E-state index contributed by atoms with van der Waals surface area (Å²) in [4.78, 5) is 0. The first-order valence-electron chi connectivity index (χ1n) is 6.47. The van der Waals surface area contributed by atoms with Crippen LogP contribution in [0, 0.1) is 0 Å². The highest BCUT2D eigenvalue weighted by atomic mass is 16.5. The lowest BCUT2D eigenvalue weighted by Crippen LogP contribution is -2.06. The SMILES string of the molecule is CCc1cc(CC(O)c2cccc(OC)c2)n(C)n1. The summed E-state index contributed by atoms with van der Waals surface area (Å²) in [6.07, 6.45) is 0.912. The van der Waals surface area contributed by atoms with Gasteiger partial charge in [-0.1, -0.05) is 19.1 Å². The third-order valence-electron chi connectivity index (χ3n) is 3.27. The second-order valence-corrected chi connectivity index (χ2v) is 4.60. The highest BCUT2D eigenvalue weighted by molar-refractivity contribution is 5.30. The molecule has 2 aromatic rings. The summed E-state index contributed by atoms with van der Waals surface area (Å²) in [7, 11) is 3.53. The van der Waals surface area contributed by atoms with Gasteiger partial charge in [0.05, 0.1) is 18.9 Å². The molecule has 0 aliphatic rings. The third kappa shape index (κ3) is 3.15. The monoisotopic (exact) mass is 260 g/mol. The summed E-state index contributed by atoms with van der Waals surface area (Å²) in [5, 5.41) is 14.7. The topological polar surface area (TPSA) is 47.3 Å². The Bertz CT molecular complexity index is 549. The maximum atomic E-state index is 10.3. The van der Waals surface area contributed by atoms with Crippen LogP contribution in [-0.2, 0) is 19.9 Å². The fourth-order valence-corrected chi connectivity index (χ4v) is 2.10. The molecule has 4 heteroatoms. The molecular weight excluding hydrogens is 240 g/mol. The van der Waals surface area contributed by atoms with Crippen LogP contribution < -0.4 is 4.74 Å². The van der Waals surface area contributed by atoms with E-state index < -0.39 is 6.10 Å². The van der Waals surface area contributed by atoms with Crippen LogP contribution >= 0.6 is 0 Å². The first-order valence-corrected chi connectivity index (χ1v) is 6.47. The fraction of sp³-hybridized carbons (Fsp3) is 0.400. The van der Waals surface area contributed by atoms with Crippen molar-refractivity contribution in [3.63, 3.8) is 0 Å². The van der Waals surface area contributed by atoms with Gasteiger partial charge in [-0.25, -0.2) is 0 Å². The molecule has 0 bridgehead atoms. The molecule has 0 amide bonds. The van der Waals surface area contributed by atoms with Crippen molar-refractivity contribution in [3.8, 4) is 5.75 Å². The first-order chi connectivity index (χ1) is 9.13. The molecule has 1 heterocycles. The van der Waals surface area contributed by atoms with Gasteiger partial charge in [0.25, 0.3) is 0 Å². The largest absolute Gasteiger partial charge is 0.497 e. The van der Waals surface area contributed by atoms with Gasteiger partial charge in [-0.15, -0.1) is 0 Å². The molecule has 0 saturated heterocycles. The number of nitrogens with zero attached hydrogens (tertiary/aromatic N) is 2. The predicted molar refractivity (Wildman–Crippen MR) is 74.2 cm³/mol. The zero-order valence-corrected chi connectivity index (χ0v) is 11.6. The van der Waals surface area contributed by atoms with Crippen molar-refractivity contribution < 1.29 is 9.84 Å². The van der Waals surface area contributed by atoms with Crippen LogP contribution in [0.2, 0.25) is 0 Å². The minimum absolute atomic E-state index is 0.546. The maximum absolute atomic E-state index is 10.3. The van der Waals surface area contributed by atoms with E-state index in [1.165, 1.54) is 0 Å². The lowest BCUT2D eigenvalue weighted by molar-refractivity contribution is 0.175. The molecule has 0 spiro atoms. The van der Waals surface area contributed by atoms with Gasteiger partial charge in [0.15, 0.2) is 0 Å². The predicted octanol–water partition coefficient (Wildman–Crippen LogP) is 2.27. The Kier molecular flexibility index (Phi) is 4.22. The number of rotatable bonds is 5. The Hall–Kier alpha value is -1.81. The summed E-state index contributed by atoms with van der Waals surface area (Å²) in [5.41, 5.74) is 2.95. The first kappa shape index (κ1) is 13.6. The number of ether oxygens (including phenoxy) is 1. The number of aryl methyl sites for hydroxylation is 2. The van der Waals surface area contributed by atoms with E-state index in [-0.39, 0.29) is 0 Å². The van der Waals surface area contributed by atoms with Gasteiger partial charge in [-0.3, -0.25) is 4.68 Å². The van der Waals surface area contributed by atoms with Crippen LogP contribution in [0.25, 0.3) is 0 Å². The van der Waals surface area contributed by atoms with Crippen molar-refractivity contribution in [2.75, 3.05) is 7.11 Å². The van der Waals surface area contributed by atoms with Crippen LogP contribution in [0.15, 0.2) is 30.3 Å². The normalized spacial score (nSPS) is 12.4. The summed E-state index contributed by atoms with van der Waals surface area (Å²) in [6.45, 7) is 2.07. The molecule has 102 valence electrons. The third-order valence-corrected chi connectivity index (χ3v) is 3.27. The van der Waals surface area contributed by atoms with E-state index in [2.05, 4.69) is 12.0 Å².